The van der Waals surface area contributed by atoms with E-state index in [1.165, 1.54) is 32.1 Å². The van der Waals surface area contributed by atoms with Crippen molar-refractivity contribution < 1.29 is 4.79 Å². The molecule has 1 saturated heterocycles. The summed E-state index contributed by atoms with van der Waals surface area (Å²) in [7, 11) is 0. The maximum Gasteiger partial charge on any atom is 0.236 e. The van der Waals surface area contributed by atoms with Gasteiger partial charge in [0.15, 0.2) is 0 Å². The van der Waals surface area contributed by atoms with Crippen LogP contribution in [0.2, 0.25) is 0 Å². The molecule has 2 unspecified atom stereocenters. The Morgan fingerprint density at radius 3 is 2.56 bits per heavy atom. The molecule has 1 heterocycles. The summed E-state index contributed by atoms with van der Waals surface area (Å²) in [6.07, 6.45) is 6.09. The highest BCUT2D eigenvalue weighted by Crippen LogP contribution is 2.38. The van der Waals surface area contributed by atoms with Gasteiger partial charge < -0.3 is 10.2 Å². The lowest BCUT2D eigenvalue weighted by Crippen LogP contribution is -2.45. The van der Waals surface area contributed by atoms with Crippen molar-refractivity contribution in [2.24, 2.45) is 11.3 Å². The summed E-state index contributed by atoms with van der Waals surface area (Å²) in [4.78, 5) is 14.0. The van der Waals surface area contributed by atoms with E-state index in [2.05, 4.69) is 26.1 Å². The molecule has 0 aromatic rings. The maximum atomic E-state index is 12.0. The van der Waals surface area contributed by atoms with Gasteiger partial charge >= 0.3 is 0 Å². The summed E-state index contributed by atoms with van der Waals surface area (Å²) in [5, 5.41) is 3.49. The average molecular weight is 252 g/mol. The summed E-state index contributed by atoms with van der Waals surface area (Å²) < 4.78 is 0. The van der Waals surface area contributed by atoms with Gasteiger partial charge in [-0.05, 0) is 43.4 Å². The predicted molar refractivity (Wildman–Crippen MR) is 74.4 cm³/mol. The minimum absolute atomic E-state index is 0.295. The zero-order chi connectivity index (χ0) is 13.2. The lowest BCUT2D eigenvalue weighted by Gasteiger charge is -2.39. The van der Waals surface area contributed by atoms with Gasteiger partial charge in [-0.2, -0.15) is 0 Å². The second-order valence-electron chi connectivity index (χ2n) is 7.08. The first-order chi connectivity index (χ1) is 8.46. The monoisotopic (exact) mass is 252 g/mol. The molecule has 0 aromatic carbocycles. The minimum atomic E-state index is 0.295. The maximum absolute atomic E-state index is 12.0. The summed E-state index contributed by atoms with van der Waals surface area (Å²) in [5.41, 5.74) is 0.423. The molecular weight excluding hydrogens is 224 g/mol. The lowest BCUT2D eigenvalue weighted by atomic mass is 9.70. The number of hydrogen-bond acceptors (Lipinski definition) is 2. The highest BCUT2D eigenvalue weighted by Gasteiger charge is 2.32. The van der Waals surface area contributed by atoms with Gasteiger partial charge in [0.25, 0.3) is 0 Å². The number of likely N-dealkylation sites (tertiary alicyclic amines) is 1. The van der Waals surface area contributed by atoms with E-state index in [0.717, 1.165) is 19.0 Å². The van der Waals surface area contributed by atoms with Crippen LogP contribution < -0.4 is 5.32 Å². The quantitative estimate of drug-likeness (QED) is 0.836. The van der Waals surface area contributed by atoms with Crippen LogP contribution >= 0.6 is 0 Å². The van der Waals surface area contributed by atoms with E-state index in [9.17, 15) is 4.79 Å². The molecule has 2 aliphatic rings. The Balaban J connectivity index is 1.77. The van der Waals surface area contributed by atoms with Crippen molar-refractivity contribution in [2.75, 3.05) is 19.6 Å². The van der Waals surface area contributed by atoms with E-state index in [0.29, 0.717) is 23.9 Å². The average Bonchev–Trinajstić information content (AvgIpc) is 2.76. The number of nitrogens with one attached hydrogen (secondary N) is 1. The second-order valence-corrected chi connectivity index (χ2v) is 7.08. The van der Waals surface area contributed by atoms with Crippen molar-refractivity contribution in [3.63, 3.8) is 0 Å². The molecule has 2 fully saturated rings. The third-order valence-electron chi connectivity index (χ3n) is 4.39. The molecule has 1 aliphatic carbocycles. The van der Waals surface area contributed by atoms with E-state index in [1.54, 1.807) is 0 Å². The molecule has 2 atom stereocenters. The van der Waals surface area contributed by atoms with E-state index < -0.39 is 0 Å². The van der Waals surface area contributed by atoms with Crippen LogP contribution in [0.25, 0.3) is 0 Å². The minimum Gasteiger partial charge on any atom is -0.342 e. The van der Waals surface area contributed by atoms with Gasteiger partial charge in [0.05, 0.1) is 6.54 Å². The number of carbonyl (C=O) groups is 1. The first kappa shape index (κ1) is 13.9. The van der Waals surface area contributed by atoms with Crippen LogP contribution in [0.4, 0.5) is 0 Å². The SMILES string of the molecule is CC1CC(NCC(=O)N2CCCC2)CC(C)(C)C1. The van der Waals surface area contributed by atoms with Gasteiger partial charge in [0.2, 0.25) is 5.91 Å². The number of carbonyl (C=O) groups excluding carboxylic acids is 1. The summed E-state index contributed by atoms with van der Waals surface area (Å²) >= 11 is 0. The van der Waals surface area contributed by atoms with Gasteiger partial charge in [-0.15, -0.1) is 0 Å². The molecule has 3 nitrogen and oxygen atoms in total. The Morgan fingerprint density at radius 2 is 1.94 bits per heavy atom. The summed E-state index contributed by atoms with van der Waals surface area (Å²) in [6, 6.07) is 0.523. The van der Waals surface area contributed by atoms with Crippen LogP contribution in [0.3, 0.4) is 0 Å². The molecule has 18 heavy (non-hydrogen) atoms. The Labute approximate surface area is 111 Å². The zero-order valence-corrected chi connectivity index (χ0v) is 12.2. The molecule has 0 bridgehead atoms. The fourth-order valence-electron chi connectivity index (χ4n) is 3.81. The van der Waals surface area contributed by atoms with Crippen LogP contribution in [-0.4, -0.2) is 36.5 Å². The number of rotatable bonds is 3. The molecule has 1 saturated carbocycles. The van der Waals surface area contributed by atoms with Gasteiger partial charge in [-0.1, -0.05) is 20.8 Å². The number of hydrogen-bond donors (Lipinski definition) is 1. The third kappa shape index (κ3) is 3.71. The molecule has 104 valence electrons. The fourth-order valence-corrected chi connectivity index (χ4v) is 3.81. The number of amides is 1. The van der Waals surface area contributed by atoms with Crippen LogP contribution in [0.5, 0.6) is 0 Å². The Hall–Kier alpha value is -0.570. The van der Waals surface area contributed by atoms with Crippen LogP contribution in [0.15, 0.2) is 0 Å². The highest BCUT2D eigenvalue weighted by atomic mass is 16.2. The van der Waals surface area contributed by atoms with Crippen molar-refractivity contribution in [1.82, 2.24) is 10.2 Å². The Bertz CT molecular complexity index is 295. The molecule has 1 aliphatic heterocycles. The van der Waals surface area contributed by atoms with E-state index in [4.69, 9.17) is 0 Å². The lowest BCUT2D eigenvalue weighted by molar-refractivity contribution is -0.129. The highest BCUT2D eigenvalue weighted by molar-refractivity contribution is 5.78. The second kappa shape index (κ2) is 5.60. The topological polar surface area (TPSA) is 32.3 Å². The zero-order valence-electron chi connectivity index (χ0n) is 12.2. The van der Waals surface area contributed by atoms with Crippen LogP contribution in [0, 0.1) is 11.3 Å². The molecular formula is C15H28N2O. The largest absolute Gasteiger partial charge is 0.342 e. The first-order valence-electron chi connectivity index (χ1n) is 7.47. The van der Waals surface area contributed by atoms with Gasteiger partial charge in [0.1, 0.15) is 0 Å². The predicted octanol–water partition coefficient (Wildman–Crippen LogP) is 2.41. The molecule has 2 rings (SSSR count). The molecule has 0 radical (unpaired) electrons. The molecule has 1 N–H and O–H groups in total. The van der Waals surface area contributed by atoms with Crippen molar-refractivity contribution in [3.05, 3.63) is 0 Å². The van der Waals surface area contributed by atoms with E-state index in [-0.39, 0.29) is 0 Å². The van der Waals surface area contributed by atoms with Gasteiger partial charge in [-0.3, -0.25) is 4.79 Å². The summed E-state index contributed by atoms with van der Waals surface area (Å²) in [6.45, 7) is 9.49. The van der Waals surface area contributed by atoms with Crippen molar-refractivity contribution in [3.8, 4) is 0 Å². The van der Waals surface area contributed by atoms with E-state index >= 15 is 0 Å². The molecule has 1 amide bonds. The van der Waals surface area contributed by atoms with Crippen molar-refractivity contribution in [2.45, 2.75) is 58.9 Å². The standard InChI is InChI=1S/C15H28N2O/c1-12-8-13(10-15(2,3)9-12)16-11-14(18)17-6-4-5-7-17/h12-13,16H,4-11H2,1-3H3. The normalized spacial score (nSPS) is 31.6. The molecule has 0 spiro atoms. The summed E-state index contributed by atoms with van der Waals surface area (Å²) in [5.74, 6) is 1.07. The molecule has 3 heteroatoms. The third-order valence-corrected chi connectivity index (χ3v) is 4.39. The number of nitrogens with zero attached hydrogens (tertiary/aromatic N) is 1. The Morgan fingerprint density at radius 1 is 1.28 bits per heavy atom. The van der Waals surface area contributed by atoms with Crippen LogP contribution in [-0.2, 0) is 4.79 Å². The van der Waals surface area contributed by atoms with Gasteiger partial charge in [-0.25, -0.2) is 0 Å². The smallest absolute Gasteiger partial charge is 0.236 e. The Kier molecular flexibility index (Phi) is 4.31. The molecule has 0 aromatic heterocycles. The van der Waals surface area contributed by atoms with Crippen LogP contribution in [0.1, 0.15) is 52.9 Å². The van der Waals surface area contributed by atoms with Crippen molar-refractivity contribution >= 4 is 5.91 Å². The van der Waals surface area contributed by atoms with Crippen molar-refractivity contribution in [1.29, 1.82) is 0 Å². The van der Waals surface area contributed by atoms with Gasteiger partial charge in [0, 0.05) is 19.1 Å². The van der Waals surface area contributed by atoms with E-state index in [1.807, 2.05) is 4.90 Å². The fraction of sp³-hybridized carbons (Fsp3) is 0.933. The first-order valence-corrected chi connectivity index (χ1v) is 7.47.